The van der Waals surface area contributed by atoms with E-state index in [0.717, 1.165) is 0 Å². The normalized spacial score (nSPS) is 22.9. The van der Waals surface area contributed by atoms with Crippen LogP contribution in [0.15, 0.2) is 16.9 Å². The first kappa shape index (κ1) is 15.6. The van der Waals surface area contributed by atoms with Gasteiger partial charge in [-0.2, -0.15) is 13.2 Å². The molecule has 0 unspecified atom stereocenters. The number of halogens is 3. The van der Waals surface area contributed by atoms with Crippen molar-refractivity contribution in [3.63, 3.8) is 0 Å². The van der Waals surface area contributed by atoms with Gasteiger partial charge in [-0.25, -0.2) is 0 Å². The van der Waals surface area contributed by atoms with Crippen molar-refractivity contribution in [3.05, 3.63) is 33.7 Å². The predicted octanol–water partition coefficient (Wildman–Crippen LogP) is 2.53. The van der Waals surface area contributed by atoms with Crippen molar-refractivity contribution in [1.82, 2.24) is 10.3 Å². The number of aryl methyl sites for hydroxylation is 1. The van der Waals surface area contributed by atoms with Gasteiger partial charge >= 0.3 is 6.18 Å². The van der Waals surface area contributed by atoms with E-state index in [1.165, 1.54) is 6.07 Å². The summed E-state index contributed by atoms with van der Waals surface area (Å²) in [5.74, 6) is -2.29. The van der Waals surface area contributed by atoms with Gasteiger partial charge in [0.25, 0.3) is 11.5 Å². The number of alkyl halides is 3. The van der Waals surface area contributed by atoms with Crippen LogP contribution in [-0.2, 0) is 0 Å². The molecule has 1 fully saturated rings. The second-order valence-electron chi connectivity index (χ2n) is 5.40. The van der Waals surface area contributed by atoms with Crippen LogP contribution in [-0.4, -0.2) is 23.1 Å². The molecule has 2 atom stereocenters. The Hall–Kier alpha value is -1.79. The van der Waals surface area contributed by atoms with Gasteiger partial charge in [0.2, 0.25) is 0 Å². The molecule has 1 aromatic rings. The van der Waals surface area contributed by atoms with Crippen LogP contribution in [0.25, 0.3) is 0 Å². The number of carbonyl (C=O) groups is 1. The predicted molar refractivity (Wildman–Crippen MR) is 71.1 cm³/mol. The van der Waals surface area contributed by atoms with Crippen LogP contribution >= 0.6 is 0 Å². The molecular formula is C14H17F3N2O2. The third-order valence-electron chi connectivity index (χ3n) is 3.80. The third kappa shape index (κ3) is 3.65. The molecule has 1 saturated carbocycles. The van der Waals surface area contributed by atoms with Crippen LogP contribution in [0.2, 0.25) is 0 Å². The number of pyridine rings is 1. The number of amides is 1. The molecule has 0 saturated heterocycles. The minimum Gasteiger partial charge on any atom is -0.349 e. The first-order valence-corrected chi connectivity index (χ1v) is 6.86. The summed E-state index contributed by atoms with van der Waals surface area (Å²) in [7, 11) is 0. The topological polar surface area (TPSA) is 62.0 Å². The molecule has 116 valence electrons. The lowest BCUT2D eigenvalue weighted by Crippen LogP contribution is -2.48. The molecule has 1 aromatic heterocycles. The number of carbonyl (C=O) groups excluding carboxylic acids is 1. The summed E-state index contributed by atoms with van der Waals surface area (Å²) >= 11 is 0. The van der Waals surface area contributed by atoms with Crippen LogP contribution in [0.3, 0.4) is 0 Å². The maximum atomic E-state index is 13.0. The molecule has 0 radical (unpaired) electrons. The fraction of sp³-hybridized carbons (Fsp3) is 0.571. The van der Waals surface area contributed by atoms with Gasteiger partial charge in [0, 0.05) is 11.7 Å². The van der Waals surface area contributed by atoms with Gasteiger partial charge in [0.1, 0.15) is 5.56 Å². The fourth-order valence-electron chi connectivity index (χ4n) is 2.69. The van der Waals surface area contributed by atoms with E-state index in [1.54, 1.807) is 13.0 Å². The van der Waals surface area contributed by atoms with Crippen molar-refractivity contribution in [2.24, 2.45) is 5.92 Å². The lowest BCUT2D eigenvalue weighted by atomic mass is 9.84. The molecule has 1 aliphatic rings. The van der Waals surface area contributed by atoms with Crippen LogP contribution < -0.4 is 10.9 Å². The lowest BCUT2D eigenvalue weighted by Gasteiger charge is -2.33. The standard InChI is InChI=1S/C14H17F3N2O2/c1-8-6-7-9(12(20)18-8)13(21)19-11-5-3-2-4-10(11)14(15,16)17/h6-7,10-11H,2-5H2,1H3,(H,18,20)(H,19,21)/t10-,11-/m0/s1. The zero-order valence-corrected chi connectivity index (χ0v) is 11.6. The Bertz CT molecular complexity index is 580. The van der Waals surface area contributed by atoms with E-state index in [4.69, 9.17) is 0 Å². The Labute approximate surface area is 119 Å². The highest BCUT2D eigenvalue weighted by Gasteiger charge is 2.46. The zero-order chi connectivity index (χ0) is 15.6. The van der Waals surface area contributed by atoms with Gasteiger partial charge in [-0.3, -0.25) is 9.59 Å². The van der Waals surface area contributed by atoms with Crippen molar-refractivity contribution in [3.8, 4) is 0 Å². The van der Waals surface area contributed by atoms with Crippen LogP contribution in [0, 0.1) is 12.8 Å². The summed E-state index contributed by atoms with van der Waals surface area (Å²) < 4.78 is 38.9. The van der Waals surface area contributed by atoms with Gasteiger partial charge in [0.05, 0.1) is 5.92 Å². The monoisotopic (exact) mass is 302 g/mol. The Kier molecular flexibility index (Phi) is 4.39. The van der Waals surface area contributed by atoms with Gasteiger partial charge in [-0.1, -0.05) is 12.8 Å². The Balaban J connectivity index is 2.15. The lowest BCUT2D eigenvalue weighted by molar-refractivity contribution is -0.187. The minimum atomic E-state index is -4.34. The fourth-order valence-corrected chi connectivity index (χ4v) is 2.69. The highest BCUT2D eigenvalue weighted by molar-refractivity contribution is 5.94. The molecule has 7 heteroatoms. The van der Waals surface area contributed by atoms with Gasteiger partial charge in [-0.15, -0.1) is 0 Å². The van der Waals surface area contributed by atoms with Crippen molar-refractivity contribution < 1.29 is 18.0 Å². The molecule has 0 aliphatic heterocycles. The Morgan fingerprint density at radius 1 is 1.29 bits per heavy atom. The highest BCUT2D eigenvalue weighted by Crippen LogP contribution is 2.37. The average Bonchev–Trinajstić information content (AvgIpc) is 2.37. The number of H-pyrrole nitrogens is 1. The Morgan fingerprint density at radius 3 is 2.57 bits per heavy atom. The van der Waals surface area contributed by atoms with Crippen LogP contribution in [0.1, 0.15) is 41.7 Å². The number of aromatic amines is 1. The number of nitrogens with one attached hydrogen (secondary N) is 2. The number of hydrogen-bond acceptors (Lipinski definition) is 2. The van der Waals surface area contributed by atoms with E-state index < -0.39 is 29.6 Å². The largest absolute Gasteiger partial charge is 0.393 e. The number of hydrogen-bond donors (Lipinski definition) is 2. The van der Waals surface area contributed by atoms with Crippen LogP contribution in [0.4, 0.5) is 13.2 Å². The summed E-state index contributed by atoms with van der Waals surface area (Å²) in [6.45, 7) is 1.66. The quantitative estimate of drug-likeness (QED) is 0.882. The molecule has 1 heterocycles. The first-order chi connectivity index (χ1) is 9.79. The molecule has 1 aliphatic carbocycles. The smallest absolute Gasteiger partial charge is 0.349 e. The molecule has 0 spiro atoms. The van der Waals surface area contributed by atoms with Gasteiger partial charge < -0.3 is 10.3 Å². The average molecular weight is 302 g/mol. The van der Waals surface area contributed by atoms with E-state index in [2.05, 4.69) is 10.3 Å². The van der Waals surface area contributed by atoms with Crippen molar-refractivity contribution in [2.75, 3.05) is 0 Å². The summed E-state index contributed by atoms with van der Waals surface area (Å²) in [6.07, 6.45) is -2.90. The summed E-state index contributed by atoms with van der Waals surface area (Å²) in [6, 6.07) is 1.90. The molecule has 21 heavy (non-hydrogen) atoms. The second kappa shape index (κ2) is 5.91. The van der Waals surface area contributed by atoms with Crippen molar-refractivity contribution in [1.29, 1.82) is 0 Å². The van der Waals surface area contributed by atoms with Gasteiger partial charge in [0.15, 0.2) is 0 Å². The highest BCUT2D eigenvalue weighted by atomic mass is 19.4. The molecule has 0 aromatic carbocycles. The SMILES string of the molecule is Cc1ccc(C(=O)N[C@H]2CCCC[C@@H]2C(F)(F)F)c(=O)[nH]1. The van der Waals surface area contributed by atoms with Crippen molar-refractivity contribution >= 4 is 5.91 Å². The molecule has 1 amide bonds. The zero-order valence-electron chi connectivity index (χ0n) is 11.6. The van der Waals surface area contributed by atoms with E-state index in [9.17, 15) is 22.8 Å². The molecule has 2 rings (SSSR count). The maximum absolute atomic E-state index is 13.0. The molecule has 2 N–H and O–H groups in total. The first-order valence-electron chi connectivity index (χ1n) is 6.86. The Morgan fingerprint density at radius 2 is 1.95 bits per heavy atom. The summed E-state index contributed by atoms with van der Waals surface area (Å²) in [5, 5.41) is 2.37. The molecular weight excluding hydrogens is 285 g/mol. The van der Waals surface area contributed by atoms with E-state index >= 15 is 0 Å². The third-order valence-corrected chi connectivity index (χ3v) is 3.80. The summed E-state index contributed by atoms with van der Waals surface area (Å²) in [4.78, 5) is 26.1. The second-order valence-corrected chi connectivity index (χ2v) is 5.40. The number of rotatable bonds is 2. The van der Waals surface area contributed by atoms with E-state index in [0.29, 0.717) is 18.5 Å². The van der Waals surface area contributed by atoms with Gasteiger partial charge in [-0.05, 0) is 31.9 Å². The van der Waals surface area contributed by atoms with E-state index in [1.807, 2.05) is 0 Å². The van der Waals surface area contributed by atoms with E-state index in [-0.39, 0.29) is 18.4 Å². The maximum Gasteiger partial charge on any atom is 0.393 e. The van der Waals surface area contributed by atoms with Crippen LogP contribution in [0.5, 0.6) is 0 Å². The van der Waals surface area contributed by atoms with Crippen molar-refractivity contribution in [2.45, 2.75) is 44.8 Å². The number of aromatic nitrogens is 1. The molecule has 4 nitrogen and oxygen atoms in total. The minimum absolute atomic E-state index is 0.0126. The summed E-state index contributed by atoms with van der Waals surface area (Å²) in [5.41, 5.74) is -0.165. The molecule has 0 bridgehead atoms.